The number of aliphatic hydroxyl groups is 1. The maximum absolute atomic E-state index is 13.1. The molecule has 1 fully saturated rings. The van der Waals surface area contributed by atoms with E-state index in [1.807, 2.05) is 52.7 Å². The van der Waals surface area contributed by atoms with Crippen LogP contribution in [-0.4, -0.2) is 28.5 Å². The second kappa shape index (κ2) is 10.1. The Labute approximate surface area is 165 Å². The van der Waals surface area contributed by atoms with E-state index in [0.717, 1.165) is 36.1 Å². The van der Waals surface area contributed by atoms with E-state index in [4.69, 9.17) is 5.73 Å². The molecule has 3 unspecified atom stereocenters. The first-order valence-electron chi connectivity index (χ1n) is 8.93. The zero-order valence-corrected chi connectivity index (χ0v) is 16.4. The van der Waals surface area contributed by atoms with E-state index in [1.54, 1.807) is 0 Å². The number of carbonyl (C=O) groups excluding carboxylic acids is 1. The highest BCUT2D eigenvalue weighted by atomic mass is 35.5. The summed E-state index contributed by atoms with van der Waals surface area (Å²) < 4.78 is 0. The van der Waals surface area contributed by atoms with Gasteiger partial charge in [0, 0.05) is 23.4 Å². The SMILES string of the molecule is Cl.NC1CCCC(C(=O)N(Cc2ccccc2)CC(O)c2cccs2)C1. The number of thiophene rings is 1. The number of halogens is 1. The Morgan fingerprint density at radius 3 is 2.65 bits per heavy atom. The third kappa shape index (κ3) is 5.55. The van der Waals surface area contributed by atoms with Gasteiger partial charge in [0.25, 0.3) is 0 Å². The highest BCUT2D eigenvalue weighted by molar-refractivity contribution is 7.10. The van der Waals surface area contributed by atoms with Gasteiger partial charge < -0.3 is 15.7 Å². The van der Waals surface area contributed by atoms with Crippen LogP contribution in [0.25, 0.3) is 0 Å². The minimum atomic E-state index is -0.648. The fraction of sp³-hybridized carbons (Fsp3) is 0.450. The van der Waals surface area contributed by atoms with Crippen LogP contribution in [-0.2, 0) is 11.3 Å². The standard InChI is InChI=1S/C20H26N2O2S.ClH/c21-17-9-4-8-16(12-17)20(24)22(13-15-6-2-1-3-7-15)14-18(23)19-10-5-11-25-19;/h1-3,5-7,10-11,16-18,23H,4,8-9,12-14,21H2;1H. The number of rotatable bonds is 6. The summed E-state index contributed by atoms with van der Waals surface area (Å²) in [6, 6.07) is 13.9. The molecule has 0 radical (unpaired) electrons. The molecular formula is C20H27ClN2O2S. The van der Waals surface area contributed by atoms with E-state index >= 15 is 0 Å². The van der Waals surface area contributed by atoms with Gasteiger partial charge in [0.05, 0.1) is 6.54 Å². The monoisotopic (exact) mass is 394 g/mol. The molecule has 2 aromatic rings. The van der Waals surface area contributed by atoms with Crippen molar-refractivity contribution >= 4 is 29.7 Å². The molecule has 142 valence electrons. The van der Waals surface area contributed by atoms with Crippen LogP contribution in [0, 0.1) is 5.92 Å². The topological polar surface area (TPSA) is 66.6 Å². The van der Waals surface area contributed by atoms with Crippen molar-refractivity contribution in [1.29, 1.82) is 0 Å². The normalized spacial score (nSPS) is 20.8. The summed E-state index contributed by atoms with van der Waals surface area (Å²) in [6.45, 7) is 0.841. The van der Waals surface area contributed by atoms with Crippen molar-refractivity contribution < 1.29 is 9.90 Å². The van der Waals surface area contributed by atoms with E-state index in [-0.39, 0.29) is 30.3 Å². The molecule has 1 saturated carbocycles. The number of aliphatic hydroxyl groups excluding tert-OH is 1. The Bertz CT molecular complexity index is 666. The first-order valence-corrected chi connectivity index (χ1v) is 9.81. The maximum atomic E-state index is 13.1. The zero-order valence-electron chi connectivity index (χ0n) is 14.8. The molecular weight excluding hydrogens is 368 g/mol. The molecule has 6 heteroatoms. The molecule has 4 nitrogen and oxygen atoms in total. The molecule has 1 aromatic carbocycles. The lowest BCUT2D eigenvalue weighted by Crippen LogP contribution is -2.42. The first-order chi connectivity index (χ1) is 12.1. The van der Waals surface area contributed by atoms with Crippen LogP contribution in [0.3, 0.4) is 0 Å². The lowest BCUT2D eigenvalue weighted by Gasteiger charge is -2.32. The Balaban J connectivity index is 0.00000243. The fourth-order valence-corrected chi connectivity index (χ4v) is 4.23. The maximum Gasteiger partial charge on any atom is 0.226 e. The predicted octanol–water partition coefficient (Wildman–Crippen LogP) is 3.75. The molecule has 26 heavy (non-hydrogen) atoms. The molecule has 1 amide bonds. The molecule has 0 saturated heterocycles. The summed E-state index contributed by atoms with van der Waals surface area (Å²) in [5.74, 6) is 0.0950. The zero-order chi connectivity index (χ0) is 17.6. The highest BCUT2D eigenvalue weighted by Crippen LogP contribution is 2.27. The molecule has 0 spiro atoms. The molecule has 0 aliphatic heterocycles. The van der Waals surface area contributed by atoms with Gasteiger partial charge >= 0.3 is 0 Å². The van der Waals surface area contributed by atoms with E-state index in [9.17, 15) is 9.90 Å². The van der Waals surface area contributed by atoms with Gasteiger partial charge in [0.1, 0.15) is 6.10 Å². The summed E-state index contributed by atoms with van der Waals surface area (Å²) in [5.41, 5.74) is 7.15. The van der Waals surface area contributed by atoms with Crippen LogP contribution in [0.15, 0.2) is 47.8 Å². The van der Waals surface area contributed by atoms with Crippen LogP contribution in [0.2, 0.25) is 0 Å². The summed E-state index contributed by atoms with van der Waals surface area (Å²) in [4.78, 5) is 15.8. The molecule has 3 N–H and O–H groups in total. The second-order valence-electron chi connectivity index (χ2n) is 6.86. The third-order valence-electron chi connectivity index (χ3n) is 4.86. The van der Waals surface area contributed by atoms with Crippen LogP contribution in [0.5, 0.6) is 0 Å². The van der Waals surface area contributed by atoms with Gasteiger partial charge in [-0.2, -0.15) is 0 Å². The molecule has 1 aliphatic carbocycles. The Hall–Kier alpha value is -1.40. The molecule has 3 atom stereocenters. The third-order valence-corrected chi connectivity index (χ3v) is 5.83. The Morgan fingerprint density at radius 2 is 2.00 bits per heavy atom. The molecule has 1 aliphatic rings. The van der Waals surface area contributed by atoms with Gasteiger partial charge in [0.2, 0.25) is 5.91 Å². The fourth-order valence-electron chi connectivity index (χ4n) is 3.53. The van der Waals surface area contributed by atoms with Crippen LogP contribution in [0.1, 0.15) is 42.2 Å². The largest absolute Gasteiger partial charge is 0.386 e. The molecule has 1 heterocycles. The smallest absolute Gasteiger partial charge is 0.226 e. The van der Waals surface area contributed by atoms with Crippen LogP contribution < -0.4 is 5.73 Å². The van der Waals surface area contributed by atoms with E-state index in [0.29, 0.717) is 13.1 Å². The van der Waals surface area contributed by atoms with Gasteiger partial charge in [-0.25, -0.2) is 0 Å². The Kier molecular flexibility index (Phi) is 8.10. The van der Waals surface area contributed by atoms with E-state index in [1.165, 1.54) is 11.3 Å². The number of nitrogens with zero attached hydrogens (tertiary/aromatic N) is 1. The lowest BCUT2D eigenvalue weighted by atomic mass is 9.85. The number of benzene rings is 1. The Morgan fingerprint density at radius 1 is 1.23 bits per heavy atom. The van der Waals surface area contributed by atoms with Crippen LogP contribution >= 0.6 is 23.7 Å². The summed E-state index contributed by atoms with van der Waals surface area (Å²) in [6.07, 6.45) is 3.00. The average Bonchev–Trinajstić information content (AvgIpc) is 3.16. The van der Waals surface area contributed by atoms with Gasteiger partial charge in [-0.05, 0) is 36.3 Å². The van der Waals surface area contributed by atoms with Crippen molar-refractivity contribution in [2.45, 2.75) is 44.4 Å². The molecule has 3 rings (SSSR count). The predicted molar refractivity (Wildman–Crippen MR) is 108 cm³/mol. The van der Waals surface area contributed by atoms with Crippen molar-refractivity contribution in [2.75, 3.05) is 6.54 Å². The van der Waals surface area contributed by atoms with Gasteiger partial charge in [0.15, 0.2) is 0 Å². The van der Waals surface area contributed by atoms with Crippen molar-refractivity contribution in [3.63, 3.8) is 0 Å². The summed E-state index contributed by atoms with van der Waals surface area (Å²) in [5, 5.41) is 12.5. The number of hydrogen-bond donors (Lipinski definition) is 2. The van der Waals surface area contributed by atoms with Crippen molar-refractivity contribution in [3.05, 3.63) is 58.3 Å². The van der Waals surface area contributed by atoms with Gasteiger partial charge in [-0.1, -0.05) is 42.8 Å². The highest BCUT2D eigenvalue weighted by Gasteiger charge is 2.30. The summed E-state index contributed by atoms with van der Waals surface area (Å²) in [7, 11) is 0. The number of nitrogens with two attached hydrogens (primary N) is 1. The number of hydrogen-bond acceptors (Lipinski definition) is 4. The minimum Gasteiger partial charge on any atom is -0.386 e. The van der Waals surface area contributed by atoms with Gasteiger partial charge in [-0.3, -0.25) is 4.79 Å². The summed E-state index contributed by atoms with van der Waals surface area (Å²) >= 11 is 1.52. The number of amides is 1. The second-order valence-corrected chi connectivity index (χ2v) is 7.84. The molecule has 0 bridgehead atoms. The average molecular weight is 395 g/mol. The van der Waals surface area contributed by atoms with Crippen molar-refractivity contribution in [1.82, 2.24) is 4.90 Å². The van der Waals surface area contributed by atoms with Crippen LogP contribution in [0.4, 0.5) is 0 Å². The van der Waals surface area contributed by atoms with E-state index in [2.05, 4.69) is 0 Å². The first kappa shape index (κ1) is 20.9. The van der Waals surface area contributed by atoms with Crippen molar-refractivity contribution in [2.24, 2.45) is 11.7 Å². The van der Waals surface area contributed by atoms with E-state index < -0.39 is 6.10 Å². The lowest BCUT2D eigenvalue weighted by molar-refractivity contribution is -0.139. The quantitative estimate of drug-likeness (QED) is 0.784. The van der Waals surface area contributed by atoms with Gasteiger partial charge in [-0.15, -0.1) is 23.7 Å². The number of carbonyl (C=O) groups is 1. The minimum absolute atomic E-state index is 0. The molecule has 1 aromatic heterocycles. The van der Waals surface area contributed by atoms with Crippen molar-refractivity contribution in [3.8, 4) is 0 Å².